The molecule has 1 spiro atoms. The minimum Gasteiger partial charge on any atom is -0.381 e. The maximum Gasteiger partial charge on any atom is 0.233 e. The first-order valence-electron chi connectivity index (χ1n) is 8.27. The van der Waals surface area contributed by atoms with Crippen molar-refractivity contribution in [1.82, 2.24) is 4.90 Å². The van der Waals surface area contributed by atoms with Gasteiger partial charge in [-0.15, -0.1) is 0 Å². The fraction of sp³-hybridized carbons (Fsp3) is 0.611. The number of likely N-dealkylation sites (tertiary alicyclic amines) is 1. The zero-order valence-electron chi connectivity index (χ0n) is 12.8. The summed E-state index contributed by atoms with van der Waals surface area (Å²) in [5.41, 5.74) is 1.08. The van der Waals surface area contributed by atoms with Crippen molar-refractivity contribution in [2.45, 2.75) is 37.5 Å². The molecular weight excluding hydrogens is 298 g/mol. The molecule has 1 atom stereocenters. The summed E-state index contributed by atoms with van der Waals surface area (Å²) in [5.74, 6) is 0.320. The van der Waals surface area contributed by atoms with Gasteiger partial charge >= 0.3 is 0 Å². The van der Waals surface area contributed by atoms with Gasteiger partial charge in [-0.2, -0.15) is 0 Å². The van der Waals surface area contributed by atoms with E-state index in [2.05, 4.69) is 4.90 Å². The van der Waals surface area contributed by atoms with Gasteiger partial charge < -0.3 is 9.64 Å². The summed E-state index contributed by atoms with van der Waals surface area (Å²) in [4.78, 5) is 15.3. The normalized spacial score (nSPS) is 29.8. The molecule has 0 aromatic heterocycles. The van der Waals surface area contributed by atoms with Crippen molar-refractivity contribution < 1.29 is 9.53 Å². The minimum absolute atomic E-state index is 0.226. The largest absolute Gasteiger partial charge is 0.381 e. The van der Waals surface area contributed by atoms with Gasteiger partial charge in [-0.05, 0) is 49.8 Å². The second kappa shape index (κ2) is 5.24. The van der Waals surface area contributed by atoms with Crippen molar-refractivity contribution in [2.75, 3.05) is 26.3 Å². The maximum absolute atomic E-state index is 13.2. The Labute approximate surface area is 136 Å². The van der Waals surface area contributed by atoms with Crippen LogP contribution in [0.3, 0.4) is 0 Å². The van der Waals surface area contributed by atoms with Crippen molar-refractivity contribution in [1.29, 1.82) is 0 Å². The Morgan fingerprint density at radius 3 is 2.55 bits per heavy atom. The number of carbonyl (C=O) groups is 1. The van der Waals surface area contributed by atoms with E-state index < -0.39 is 0 Å². The van der Waals surface area contributed by atoms with E-state index in [9.17, 15) is 4.79 Å². The lowest BCUT2D eigenvalue weighted by atomic mass is 9.78. The van der Waals surface area contributed by atoms with Crippen LogP contribution in [0.1, 0.15) is 37.7 Å². The molecule has 1 aliphatic carbocycles. The molecule has 4 rings (SSSR count). The van der Waals surface area contributed by atoms with E-state index in [0.29, 0.717) is 5.91 Å². The van der Waals surface area contributed by atoms with Crippen LogP contribution in [0.2, 0.25) is 5.02 Å². The Morgan fingerprint density at radius 1 is 1.14 bits per heavy atom. The van der Waals surface area contributed by atoms with Crippen LogP contribution in [-0.2, 0) is 14.9 Å². The van der Waals surface area contributed by atoms with Gasteiger partial charge in [-0.3, -0.25) is 4.79 Å². The number of amides is 1. The zero-order chi connectivity index (χ0) is 15.2. The number of nitrogens with zero attached hydrogens (tertiary/aromatic N) is 1. The summed E-state index contributed by atoms with van der Waals surface area (Å²) >= 11 is 5.98. The average Bonchev–Trinajstić information content (AvgIpc) is 3.23. The van der Waals surface area contributed by atoms with Crippen LogP contribution in [0.5, 0.6) is 0 Å². The number of carbonyl (C=O) groups excluding carboxylic acids is 1. The number of halogens is 1. The van der Waals surface area contributed by atoms with E-state index in [1.165, 1.54) is 6.42 Å². The van der Waals surface area contributed by atoms with Gasteiger partial charge in [-0.1, -0.05) is 23.7 Å². The Bertz CT molecular complexity index is 573. The third-order valence-electron chi connectivity index (χ3n) is 5.69. The zero-order valence-corrected chi connectivity index (χ0v) is 13.6. The van der Waals surface area contributed by atoms with Crippen LogP contribution < -0.4 is 0 Å². The Morgan fingerprint density at radius 2 is 1.91 bits per heavy atom. The molecule has 0 bridgehead atoms. The van der Waals surface area contributed by atoms with E-state index in [1.54, 1.807) is 0 Å². The molecule has 118 valence electrons. The van der Waals surface area contributed by atoms with Gasteiger partial charge in [-0.25, -0.2) is 0 Å². The van der Waals surface area contributed by atoms with Crippen LogP contribution in [0.15, 0.2) is 24.3 Å². The van der Waals surface area contributed by atoms with Gasteiger partial charge in [0.25, 0.3) is 0 Å². The molecule has 3 aliphatic rings. The van der Waals surface area contributed by atoms with E-state index in [4.69, 9.17) is 16.3 Å². The number of benzene rings is 1. The Kier molecular flexibility index (Phi) is 3.46. The second-order valence-corrected chi connectivity index (χ2v) is 7.66. The summed E-state index contributed by atoms with van der Waals surface area (Å²) in [7, 11) is 0. The van der Waals surface area contributed by atoms with Crippen LogP contribution in [0.25, 0.3) is 0 Å². The molecule has 1 saturated carbocycles. The van der Waals surface area contributed by atoms with E-state index in [0.717, 1.165) is 62.6 Å². The molecule has 2 heterocycles. The van der Waals surface area contributed by atoms with Crippen molar-refractivity contribution >= 4 is 17.5 Å². The quantitative estimate of drug-likeness (QED) is 0.836. The maximum atomic E-state index is 13.2. The van der Waals surface area contributed by atoms with Crippen molar-refractivity contribution in [3.05, 3.63) is 34.9 Å². The highest BCUT2D eigenvalue weighted by Crippen LogP contribution is 2.51. The van der Waals surface area contributed by atoms with Gasteiger partial charge in [0.05, 0.1) is 12.0 Å². The van der Waals surface area contributed by atoms with Gasteiger partial charge in [0.2, 0.25) is 5.91 Å². The summed E-state index contributed by atoms with van der Waals surface area (Å²) in [6.07, 6.45) is 5.34. The summed E-state index contributed by atoms with van der Waals surface area (Å²) < 4.78 is 5.61. The molecule has 2 aliphatic heterocycles. The lowest BCUT2D eigenvalue weighted by Crippen LogP contribution is -2.49. The minimum atomic E-state index is -0.275. The van der Waals surface area contributed by atoms with Gasteiger partial charge in [0.15, 0.2) is 0 Å². The topological polar surface area (TPSA) is 29.5 Å². The van der Waals surface area contributed by atoms with E-state index in [-0.39, 0.29) is 10.8 Å². The highest BCUT2D eigenvalue weighted by atomic mass is 35.5. The summed E-state index contributed by atoms with van der Waals surface area (Å²) in [6, 6.07) is 7.83. The third-order valence-corrected chi connectivity index (χ3v) is 5.94. The highest BCUT2D eigenvalue weighted by Gasteiger charge is 2.54. The van der Waals surface area contributed by atoms with Gasteiger partial charge in [0, 0.05) is 30.1 Å². The van der Waals surface area contributed by atoms with Crippen molar-refractivity contribution in [3.63, 3.8) is 0 Å². The van der Waals surface area contributed by atoms with Crippen LogP contribution >= 0.6 is 11.6 Å². The van der Waals surface area contributed by atoms with E-state index >= 15 is 0 Å². The number of piperidine rings is 1. The molecule has 1 amide bonds. The molecule has 3 fully saturated rings. The van der Waals surface area contributed by atoms with Crippen molar-refractivity contribution in [3.8, 4) is 0 Å². The number of hydrogen-bond acceptors (Lipinski definition) is 2. The van der Waals surface area contributed by atoms with Gasteiger partial charge in [0.1, 0.15) is 0 Å². The molecule has 1 aromatic rings. The first kappa shape index (κ1) is 14.5. The lowest BCUT2D eigenvalue weighted by Gasteiger charge is -2.41. The predicted molar refractivity (Wildman–Crippen MR) is 86.0 cm³/mol. The molecule has 0 radical (unpaired) electrons. The average molecular weight is 320 g/mol. The van der Waals surface area contributed by atoms with Crippen LogP contribution in [-0.4, -0.2) is 37.1 Å². The Hall–Kier alpha value is -1.06. The molecule has 22 heavy (non-hydrogen) atoms. The smallest absolute Gasteiger partial charge is 0.233 e. The fourth-order valence-corrected chi connectivity index (χ4v) is 4.30. The predicted octanol–water partition coefficient (Wildman–Crippen LogP) is 3.40. The highest BCUT2D eigenvalue weighted by molar-refractivity contribution is 6.30. The molecule has 0 N–H and O–H groups in total. The third kappa shape index (κ3) is 2.35. The molecule has 2 saturated heterocycles. The molecule has 4 heteroatoms. The number of ether oxygens (including phenoxy) is 1. The summed E-state index contributed by atoms with van der Waals surface area (Å²) in [6.45, 7) is 3.45. The number of rotatable bonds is 2. The second-order valence-electron chi connectivity index (χ2n) is 7.22. The monoisotopic (exact) mass is 319 g/mol. The molecule has 0 unspecified atom stereocenters. The first-order chi connectivity index (χ1) is 10.6. The van der Waals surface area contributed by atoms with E-state index in [1.807, 2.05) is 24.3 Å². The Balaban J connectivity index is 1.55. The first-order valence-corrected chi connectivity index (χ1v) is 8.65. The number of hydrogen-bond donors (Lipinski definition) is 0. The molecule has 3 nitrogen and oxygen atoms in total. The summed E-state index contributed by atoms with van der Waals surface area (Å²) in [5, 5.41) is 0.729. The van der Waals surface area contributed by atoms with Crippen molar-refractivity contribution in [2.24, 2.45) is 5.41 Å². The fourth-order valence-electron chi connectivity index (χ4n) is 4.18. The van der Waals surface area contributed by atoms with Crippen LogP contribution in [0, 0.1) is 5.41 Å². The molecule has 1 aromatic carbocycles. The van der Waals surface area contributed by atoms with Crippen LogP contribution in [0.4, 0.5) is 0 Å². The SMILES string of the molecule is O=C(N1CCC[C@@]2(CCOC2)C1)C1(c2ccc(Cl)cc2)CC1. The molecular formula is C18H22ClNO2. The standard InChI is InChI=1S/C18H22ClNO2/c19-15-4-2-14(3-5-15)18(7-8-18)16(21)20-10-1-6-17(12-20)9-11-22-13-17/h2-5H,1,6-13H2/t17-/m1/s1. The lowest BCUT2D eigenvalue weighted by molar-refractivity contribution is -0.137.